The van der Waals surface area contributed by atoms with E-state index in [9.17, 15) is 14.4 Å². The smallest absolute Gasteiger partial charge is 0.273 e. The van der Waals surface area contributed by atoms with Gasteiger partial charge in [0, 0.05) is 38.1 Å². The highest BCUT2D eigenvalue weighted by atomic mass is 32.1. The largest absolute Gasteiger partial charge is 0.353 e. The molecule has 3 aromatic rings. The number of hydrogen-bond donors (Lipinski definition) is 1. The number of thiazole rings is 1. The van der Waals surface area contributed by atoms with Crippen LogP contribution in [-0.4, -0.2) is 56.9 Å². The van der Waals surface area contributed by atoms with Gasteiger partial charge in [-0.15, -0.1) is 0 Å². The molecular formula is C25H28N6O3S. The molecule has 6 rings (SSSR count). The minimum atomic E-state index is -0.233. The molecular weight excluding hydrogens is 464 g/mol. The van der Waals surface area contributed by atoms with Crippen molar-refractivity contribution >= 4 is 38.6 Å². The summed E-state index contributed by atoms with van der Waals surface area (Å²) in [5, 5.41) is 3.85. The fraction of sp³-hybridized carbons (Fsp3) is 0.480. The van der Waals surface area contributed by atoms with Crippen molar-refractivity contribution < 1.29 is 9.59 Å². The molecule has 35 heavy (non-hydrogen) atoms. The molecule has 3 aliphatic rings. The Morgan fingerprint density at radius 2 is 1.83 bits per heavy atom. The number of nitrogens with zero attached hydrogens (tertiary/aromatic N) is 5. The fourth-order valence-electron chi connectivity index (χ4n) is 4.92. The zero-order chi connectivity index (χ0) is 23.9. The summed E-state index contributed by atoms with van der Waals surface area (Å²) in [4.78, 5) is 51.4. The van der Waals surface area contributed by atoms with Crippen LogP contribution in [0.1, 0.15) is 36.8 Å². The second-order valence-corrected chi connectivity index (χ2v) is 10.7. The van der Waals surface area contributed by atoms with Gasteiger partial charge in [0.05, 0.1) is 0 Å². The summed E-state index contributed by atoms with van der Waals surface area (Å²) in [6.45, 7) is 2.65. The molecule has 1 aromatic carbocycles. The Morgan fingerprint density at radius 3 is 2.60 bits per heavy atom. The number of aromatic nitrogens is 3. The second kappa shape index (κ2) is 9.07. The third-order valence-electron chi connectivity index (χ3n) is 7.22. The Balaban J connectivity index is 1.13. The van der Waals surface area contributed by atoms with E-state index in [0.29, 0.717) is 29.5 Å². The molecule has 2 fully saturated rings. The van der Waals surface area contributed by atoms with Gasteiger partial charge in [0.1, 0.15) is 17.6 Å². The quantitative estimate of drug-likeness (QED) is 0.584. The zero-order valence-corrected chi connectivity index (χ0v) is 20.3. The lowest BCUT2D eigenvalue weighted by Gasteiger charge is -2.30. The van der Waals surface area contributed by atoms with Crippen LogP contribution in [-0.2, 0) is 29.1 Å². The van der Waals surface area contributed by atoms with Gasteiger partial charge in [0.2, 0.25) is 11.8 Å². The summed E-state index contributed by atoms with van der Waals surface area (Å²) in [5.74, 6) is 0.131. The minimum Gasteiger partial charge on any atom is -0.353 e. The number of anilines is 1. The molecule has 9 nitrogen and oxygen atoms in total. The molecule has 2 aromatic heterocycles. The number of hydrogen-bond acceptors (Lipinski definition) is 7. The van der Waals surface area contributed by atoms with Crippen LogP contribution in [0, 0.1) is 5.92 Å². The third kappa shape index (κ3) is 4.54. The van der Waals surface area contributed by atoms with E-state index in [1.54, 1.807) is 4.90 Å². The van der Waals surface area contributed by atoms with E-state index in [1.807, 2.05) is 12.1 Å². The number of nitrogens with one attached hydrogen (secondary N) is 1. The van der Waals surface area contributed by atoms with Crippen LogP contribution in [0.4, 0.5) is 5.13 Å². The van der Waals surface area contributed by atoms with E-state index in [1.165, 1.54) is 27.8 Å². The van der Waals surface area contributed by atoms with E-state index in [4.69, 9.17) is 0 Å². The summed E-state index contributed by atoms with van der Waals surface area (Å²) in [7, 11) is 0. The molecule has 0 unspecified atom stereocenters. The number of fused-ring (bicyclic) bond motifs is 2. The predicted octanol–water partition coefficient (Wildman–Crippen LogP) is 1.93. The third-order valence-corrected chi connectivity index (χ3v) is 8.31. The zero-order valence-electron chi connectivity index (χ0n) is 19.5. The van der Waals surface area contributed by atoms with Gasteiger partial charge in [-0.2, -0.15) is 4.98 Å². The molecule has 1 N–H and O–H groups in total. The van der Waals surface area contributed by atoms with Crippen molar-refractivity contribution in [2.75, 3.05) is 24.5 Å². The van der Waals surface area contributed by atoms with Crippen LogP contribution >= 0.6 is 11.3 Å². The molecule has 0 radical (unpaired) electrons. The maximum Gasteiger partial charge on any atom is 0.273 e. The minimum absolute atomic E-state index is 0.0291. The summed E-state index contributed by atoms with van der Waals surface area (Å²) in [5.41, 5.74) is 2.62. The highest BCUT2D eigenvalue weighted by Crippen LogP contribution is 2.30. The van der Waals surface area contributed by atoms with Crippen LogP contribution in [0.5, 0.6) is 0 Å². The fourth-order valence-corrected chi connectivity index (χ4v) is 5.94. The van der Waals surface area contributed by atoms with E-state index < -0.39 is 0 Å². The molecule has 2 amide bonds. The van der Waals surface area contributed by atoms with Crippen molar-refractivity contribution in [2.24, 2.45) is 5.92 Å². The molecule has 4 heterocycles. The number of piperidine rings is 1. The molecule has 1 aliphatic carbocycles. The first-order chi connectivity index (χ1) is 17.0. The Bertz CT molecular complexity index is 1340. The normalized spacial score (nSPS) is 18.5. The summed E-state index contributed by atoms with van der Waals surface area (Å²) in [6.07, 6.45) is 6.00. The molecule has 0 bridgehead atoms. The number of benzene rings is 1. The first-order valence-corrected chi connectivity index (χ1v) is 13.1. The molecule has 2 aliphatic heterocycles. The number of rotatable bonds is 5. The highest BCUT2D eigenvalue weighted by molar-refractivity contribution is 7.22. The first kappa shape index (κ1) is 22.2. The molecule has 182 valence electrons. The Hall–Kier alpha value is -3.27. The van der Waals surface area contributed by atoms with Gasteiger partial charge in [-0.1, -0.05) is 35.6 Å². The SMILES string of the molecule is O=C(NC1CC1)C1CCN(c2nc3ncn(CC(=O)N4CCc5ccccc5C4)c(=O)c3s2)CC1. The molecule has 1 saturated heterocycles. The van der Waals surface area contributed by atoms with E-state index >= 15 is 0 Å². The topological polar surface area (TPSA) is 100 Å². The number of carbonyl (C=O) groups is 2. The molecule has 1 saturated carbocycles. The lowest BCUT2D eigenvalue weighted by Crippen LogP contribution is -2.41. The Labute approximate surface area is 206 Å². The van der Waals surface area contributed by atoms with Gasteiger partial charge in [-0.25, -0.2) is 4.98 Å². The van der Waals surface area contributed by atoms with Gasteiger partial charge in [-0.3, -0.25) is 19.0 Å². The van der Waals surface area contributed by atoms with Crippen LogP contribution < -0.4 is 15.8 Å². The summed E-state index contributed by atoms with van der Waals surface area (Å²) in [6, 6.07) is 8.55. The van der Waals surface area contributed by atoms with Crippen LogP contribution in [0.25, 0.3) is 10.3 Å². The van der Waals surface area contributed by atoms with Crippen molar-refractivity contribution in [1.82, 2.24) is 24.8 Å². The maximum atomic E-state index is 13.1. The van der Waals surface area contributed by atoms with Gasteiger partial charge in [0.15, 0.2) is 10.8 Å². The van der Waals surface area contributed by atoms with Crippen molar-refractivity contribution in [3.05, 3.63) is 52.1 Å². The van der Waals surface area contributed by atoms with E-state index in [2.05, 4.69) is 32.3 Å². The Morgan fingerprint density at radius 1 is 1.06 bits per heavy atom. The average molecular weight is 493 g/mol. The van der Waals surface area contributed by atoms with Crippen LogP contribution in [0.15, 0.2) is 35.4 Å². The van der Waals surface area contributed by atoms with Gasteiger partial charge >= 0.3 is 0 Å². The monoisotopic (exact) mass is 492 g/mol. The first-order valence-electron chi connectivity index (χ1n) is 12.3. The summed E-state index contributed by atoms with van der Waals surface area (Å²) >= 11 is 1.32. The Kier molecular flexibility index (Phi) is 5.75. The van der Waals surface area contributed by atoms with E-state index in [-0.39, 0.29) is 29.8 Å². The lowest BCUT2D eigenvalue weighted by molar-refractivity contribution is -0.132. The standard InChI is InChI=1S/C25H28N6O3S/c32-20(30-12-7-16-3-1-2-4-18(16)13-30)14-31-15-26-22-21(24(31)34)35-25(28-22)29-10-8-17(9-11-29)23(33)27-19-5-6-19/h1-4,15,17,19H,5-14H2,(H,27,33). The maximum absolute atomic E-state index is 13.1. The lowest BCUT2D eigenvalue weighted by atomic mass is 9.96. The van der Waals surface area contributed by atoms with Crippen LogP contribution in [0.2, 0.25) is 0 Å². The van der Waals surface area contributed by atoms with Crippen molar-refractivity contribution in [3.8, 4) is 0 Å². The number of carbonyl (C=O) groups excluding carboxylic acids is 2. The average Bonchev–Trinajstić information content (AvgIpc) is 3.59. The second-order valence-electron chi connectivity index (χ2n) is 9.70. The molecule has 10 heteroatoms. The van der Waals surface area contributed by atoms with Crippen molar-refractivity contribution in [3.63, 3.8) is 0 Å². The van der Waals surface area contributed by atoms with Gasteiger partial charge in [0.25, 0.3) is 5.56 Å². The van der Waals surface area contributed by atoms with Crippen molar-refractivity contribution in [1.29, 1.82) is 0 Å². The molecule has 0 atom stereocenters. The summed E-state index contributed by atoms with van der Waals surface area (Å²) < 4.78 is 1.86. The van der Waals surface area contributed by atoms with Gasteiger partial charge < -0.3 is 15.1 Å². The van der Waals surface area contributed by atoms with Gasteiger partial charge in [-0.05, 0) is 43.2 Å². The molecule has 0 spiro atoms. The van der Waals surface area contributed by atoms with E-state index in [0.717, 1.165) is 55.9 Å². The van der Waals surface area contributed by atoms with Crippen LogP contribution in [0.3, 0.4) is 0 Å². The van der Waals surface area contributed by atoms with Crippen molar-refractivity contribution in [2.45, 2.75) is 51.2 Å². The predicted molar refractivity (Wildman–Crippen MR) is 133 cm³/mol. The highest BCUT2D eigenvalue weighted by Gasteiger charge is 2.31. The number of amides is 2.